The van der Waals surface area contributed by atoms with Gasteiger partial charge in [-0.15, -0.1) is 0 Å². The summed E-state index contributed by atoms with van der Waals surface area (Å²) in [5.41, 5.74) is 0.332. The molecule has 0 radical (unpaired) electrons. The maximum Gasteiger partial charge on any atom is 0.326 e. The van der Waals surface area contributed by atoms with Gasteiger partial charge in [0.25, 0.3) is 5.91 Å². The van der Waals surface area contributed by atoms with Gasteiger partial charge in [0.15, 0.2) is 11.5 Å². The van der Waals surface area contributed by atoms with Crippen LogP contribution in [0.15, 0.2) is 18.2 Å². The van der Waals surface area contributed by atoms with Gasteiger partial charge in [-0.05, 0) is 30.0 Å². The van der Waals surface area contributed by atoms with Gasteiger partial charge in [-0.3, -0.25) is 4.79 Å². The lowest BCUT2D eigenvalue weighted by atomic mass is 9.99. The molecule has 0 saturated heterocycles. The Labute approximate surface area is 143 Å². The van der Waals surface area contributed by atoms with Crippen molar-refractivity contribution in [2.75, 3.05) is 13.7 Å². The van der Waals surface area contributed by atoms with Crippen molar-refractivity contribution < 1.29 is 24.2 Å². The predicted molar refractivity (Wildman–Crippen MR) is 91.7 cm³/mol. The maximum absolute atomic E-state index is 12.4. The smallest absolute Gasteiger partial charge is 0.326 e. The number of carbonyl (C=O) groups excluding carboxylic acids is 1. The lowest BCUT2D eigenvalue weighted by molar-refractivity contribution is -0.140. The summed E-state index contributed by atoms with van der Waals surface area (Å²) >= 11 is 0. The minimum atomic E-state index is -1.04. The van der Waals surface area contributed by atoms with Gasteiger partial charge in [0, 0.05) is 5.56 Å². The Balaban J connectivity index is 2.92. The quantitative estimate of drug-likeness (QED) is 0.723. The molecule has 2 unspecified atom stereocenters. The minimum Gasteiger partial charge on any atom is -0.493 e. The fourth-order valence-corrected chi connectivity index (χ4v) is 2.09. The average molecular weight is 337 g/mol. The Morgan fingerprint density at radius 3 is 2.38 bits per heavy atom. The van der Waals surface area contributed by atoms with Crippen LogP contribution in [0.5, 0.6) is 11.5 Å². The SMILES string of the molecule is CCC(C)C(NC(=O)c1ccc(OCC(C)C)c(OC)c1)C(=O)O. The third-order valence-corrected chi connectivity index (χ3v) is 3.76. The molecule has 1 aromatic rings. The van der Waals surface area contributed by atoms with Crippen molar-refractivity contribution >= 4 is 11.9 Å². The molecule has 0 aromatic heterocycles. The highest BCUT2D eigenvalue weighted by Gasteiger charge is 2.26. The average Bonchev–Trinajstić information content (AvgIpc) is 2.56. The van der Waals surface area contributed by atoms with E-state index in [1.54, 1.807) is 25.1 Å². The first-order valence-electron chi connectivity index (χ1n) is 8.14. The van der Waals surface area contributed by atoms with Crippen molar-refractivity contribution in [3.63, 3.8) is 0 Å². The van der Waals surface area contributed by atoms with Crippen molar-refractivity contribution in [2.45, 2.75) is 40.2 Å². The number of hydrogen-bond donors (Lipinski definition) is 2. The van der Waals surface area contributed by atoms with E-state index in [2.05, 4.69) is 5.32 Å². The topological polar surface area (TPSA) is 84.9 Å². The summed E-state index contributed by atoms with van der Waals surface area (Å²) in [6.07, 6.45) is 0.655. The number of aliphatic carboxylic acids is 1. The van der Waals surface area contributed by atoms with Gasteiger partial charge in [0.1, 0.15) is 6.04 Å². The molecule has 6 nitrogen and oxygen atoms in total. The number of carboxylic acid groups (broad SMARTS) is 1. The van der Waals surface area contributed by atoms with Crippen LogP contribution in [0.3, 0.4) is 0 Å². The van der Waals surface area contributed by atoms with E-state index >= 15 is 0 Å². The van der Waals surface area contributed by atoms with Crippen LogP contribution >= 0.6 is 0 Å². The number of carbonyl (C=O) groups is 2. The lowest BCUT2D eigenvalue weighted by Crippen LogP contribution is -2.45. The molecule has 0 saturated carbocycles. The van der Waals surface area contributed by atoms with Crippen molar-refractivity contribution in [2.24, 2.45) is 11.8 Å². The first-order valence-corrected chi connectivity index (χ1v) is 8.14. The standard InChI is InChI=1S/C18H27NO5/c1-6-12(4)16(18(21)22)19-17(20)13-7-8-14(15(9-13)23-5)24-10-11(2)3/h7-9,11-12,16H,6,10H2,1-5H3,(H,19,20)(H,21,22). The van der Waals surface area contributed by atoms with E-state index in [-0.39, 0.29) is 5.92 Å². The zero-order valence-electron chi connectivity index (χ0n) is 15.0. The molecule has 1 rings (SSSR count). The van der Waals surface area contributed by atoms with Crippen molar-refractivity contribution in [1.82, 2.24) is 5.32 Å². The highest BCUT2D eigenvalue weighted by molar-refractivity contribution is 5.97. The maximum atomic E-state index is 12.4. The van der Waals surface area contributed by atoms with E-state index in [0.29, 0.717) is 36.0 Å². The van der Waals surface area contributed by atoms with Crippen LogP contribution in [0.25, 0.3) is 0 Å². The van der Waals surface area contributed by atoms with Gasteiger partial charge >= 0.3 is 5.97 Å². The fraction of sp³-hybridized carbons (Fsp3) is 0.556. The van der Waals surface area contributed by atoms with E-state index < -0.39 is 17.9 Å². The zero-order chi connectivity index (χ0) is 18.3. The molecule has 24 heavy (non-hydrogen) atoms. The Morgan fingerprint density at radius 1 is 1.21 bits per heavy atom. The number of ether oxygens (including phenoxy) is 2. The van der Waals surface area contributed by atoms with Crippen LogP contribution < -0.4 is 14.8 Å². The first kappa shape index (κ1) is 19.8. The van der Waals surface area contributed by atoms with Gasteiger partial charge in [0.05, 0.1) is 13.7 Å². The van der Waals surface area contributed by atoms with Crippen LogP contribution in [0.4, 0.5) is 0 Å². The number of rotatable bonds is 9. The molecule has 6 heteroatoms. The highest BCUT2D eigenvalue weighted by Crippen LogP contribution is 2.28. The first-order chi connectivity index (χ1) is 11.3. The molecule has 0 fully saturated rings. The lowest BCUT2D eigenvalue weighted by Gasteiger charge is -2.20. The number of benzene rings is 1. The van der Waals surface area contributed by atoms with Crippen molar-refractivity contribution in [3.8, 4) is 11.5 Å². The monoisotopic (exact) mass is 337 g/mol. The van der Waals surface area contributed by atoms with Crippen LogP contribution in [0, 0.1) is 11.8 Å². The molecule has 2 N–H and O–H groups in total. The number of amides is 1. The van der Waals surface area contributed by atoms with Gasteiger partial charge in [-0.25, -0.2) is 4.79 Å². The Bertz CT molecular complexity index is 571. The summed E-state index contributed by atoms with van der Waals surface area (Å²) in [4.78, 5) is 23.7. The second-order valence-corrected chi connectivity index (χ2v) is 6.25. The molecule has 0 aliphatic rings. The summed E-state index contributed by atoms with van der Waals surface area (Å²) in [6.45, 7) is 8.29. The fourth-order valence-electron chi connectivity index (χ4n) is 2.09. The second-order valence-electron chi connectivity index (χ2n) is 6.25. The summed E-state index contributed by atoms with van der Waals surface area (Å²) in [5, 5.41) is 11.8. The normalized spacial score (nSPS) is 13.2. The van der Waals surface area contributed by atoms with E-state index in [4.69, 9.17) is 9.47 Å². The Kier molecular flexibility index (Phi) is 7.55. The van der Waals surface area contributed by atoms with Crippen molar-refractivity contribution in [1.29, 1.82) is 0 Å². The predicted octanol–water partition coefficient (Wildman–Crippen LogP) is 2.96. The molecule has 0 aliphatic carbocycles. The van der Waals surface area contributed by atoms with Crippen LogP contribution in [0.2, 0.25) is 0 Å². The Morgan fingerprint density at radius 2 is 1.88 bits per heavy atom. The van der Waals surface area contributed by atoms with Crippen LogP contribution in [-0.2, 0) is 4.79 Å². The van der Waals surface area contributed by atoms with Gasteiger partial charge in [-0.1, -0.05) is 34.1 Å². The van der Waals surface area contributed by atoms with E-state index in [1.807, 2.05) is 20.8 Å². The number of methoxy groups -OCH3 is 1. The van der Waals surface area contributed by atoms with Gasteiger partial charge < -0.3 is 19.9 Å². The molecule has 0 aliphatic heterocycles. The Hall–Kier alpha value is -2.24. The molecule has 0 bridgehead atoms. The van der Waals surface area contributed by atoms with Gasteiger partial charge in [-0.2, -0.15) is 0 Å². The van der Waals surface area contributed by atoms with E-state index in [9.17, 15) is 14.7 Å². The van der Waals surface area contributed by atoms with Crippen LogP contribution in [0.1, 0.15) is 44.5 Å². The molecule has 1 aromatic carbocycles. The number of hydrogen-bond acceptors (Lipinski definition) is 4. The third-order valence-electron chi connectivity index (χ3n) is 3.76. The molecule has 1 amide bonds. The molecule has 2 atom stereocenters. The van der Waals surface area contributed by atoms with E-state index in [1.165, 1.54) is 7.11 Å². The highest BCUT2D eigenvalue weighted by atomic mass is 16.5. The summed E-state index contributed by atoms with van der Waals surface area (Å²) in [6, 6.07) is 3.89. The molecule has 0 heterocycles. The molecule has 134 valence electrons. The second kappa shape index (κ2) is 9.15. The van der Waals surface area contributed by atoms with Crippen molar-refractivity contribution in [3.05, 3.63) is 23.8 Å². The largest absolute Gasteiger partial charge is 0.493 e. The zero-order valence-corrected chi connectivity index (χ0v) is 15.0. The number of nitrogens with one attached hydrogen (secondary N) is 1. The number of carboxylic acids is 1. The molecular weight excluding hydrogens is 310 g/mol. The van der Waals surface area contributed by atoms with E-state index in [0.717, 1.165) is 0 Å². The molecular formula is C18H27NO5. The summed E-state index contributed by atoms with van der Waals surface area (Å²) < 4.78 is 10.9. The summed E-state index contributed by atoms with van der Waals surface area (Å²) in [5.74, 6) is -0.289. The third kappa shape index (κ3) is 5.44. The molecule has 0 spiro atoms. The van der Waals surface area contributed by atoms with Crippen LogP contribution in [-0.4, -0.2) is 36.7 Å². The minimum absolute atomic E-state index is 0.165. The van der Waals surface area contributed by atoms with Gasteiger partial charge in [0.2, 0.25) is 0 Å². The summed E-state index contributed by atoms with van der Waals surface area (Å²) in [7, 11) is 1.50.